The predicted molar refractivity (Wildman–Crippen MR) is 24.1 cm³/mol. The molecule has 0 saturated carbocycles. The first-order chi connectivity index (χ1) is 3.41. The number of unbranched alkanes of at least 4 members (excludes halogenated alkanes) is 1. The van der Waals surface area contributed by atoms with Crippen molar-refractivity contribution in [3.63, 3.8) is 0 Å². The molecule has 0 spiro atoms. The second-order valence-corrected chi connectivity index (χ2v) is 0.902. The Morgan fingerprint density at radius 3 is 2.71 bits per heavy atom. The van der Waals surface area contributed by atoms with Crippen molar-refractivity contribution in [3.05, 3.63) is 0 Å². The fourth-order valence-corrected chi connectivity index (χ4v) is 0.157. The van der Waals surface area contributed by atoms with Crippen LogP contribution in [0.5, 0.6) is 0 Å². The zero-order valence-electron chi connectivity index (χ0n) is 3.72. The fraction of sp³-hybridized carbons (Fsp3) is 0.500. The monoisotopic (exact) mass is 99.0 g/mol. The van der Waals surface area contributed by atoms with Crippen molar-refractivity contribution in [3.8, 4) is 0 Å². The van der Waals surface area contributed by atoms with Crippen LogP contribution in [0.2, 0.25) is 0 Å². The molecule has 0 heterocycles. The molecule has 0 aromatic rings. The molecule has 0 aliphatic rings. The fourth-order valence-electron chi connectivity index (χ4n) is 0.157. The van der Waals surface area contributed by atoms with Crippen LogP contribution >= 0.6 is 0 Å². The van der Waals surface area contributed by atoms with Crippen LogP contribution in [0.3, 0.4) is 0 Å². The van der Waals surface area contributed by atoms with Crippen molar-refractivity contribution >= 4 is 12.5 Å². The molecular formula is C4H5NO2. The Labute approximate surface area is 41.6 Å². The normalized spacial score (nSPS) is 9.71. The van der Waals surface area contributed by atoms with Crippen molar-refractivity contribution in [2.75, 3.05) is 0 Å². The zero-order chi connectivity index (χ0) is 5.54. The lowest BCUT2D eigenvalue weighted by Gasteiger charge is -1.72. The highest BCUT2D eigenvalue weighted by Gasteiger charge is 1.77. The van der Waals surface area contributed by atoms with Gasteiger partial charge in [0.25, 0.3) is 0 Å². The summed E-state index contributed by atoms with van der Waals surface area (Å²) in [6, 6.07) is 0. The van der Waals surface area contributed by atoms with E-state index in [4.69, 9.17) is 5.21 Å². The van der Waals surface area contributed by atoms with E-state index in [2.05, 4.69) is 11.4 Å². The molecule has 0 rings (SSSR count). The SMILES string of the molecule is O=[C]CC/[C]=N/O. The molecule has 0 atom stereocenters. The number of nitrogens with zero attached hydrogens (tertiary/aromatic N) is 1. The van der Waals surface area contributed by atoms with Gasteiger partial charge in [0, 0.05) is 12.8 Å². The Kier molecular flexibility index (Phi) is 4.51. The lowest BCUT2D eigenvalue weighted by atomic mass is 10.4. The molecular weight excluding hydrogens is 94.0 g/mol. The van der Waals surface area contributed by atoms with E-state index in [9.17, 15) is 4.79 Å². The van der Waals surface area contributed by atoms with Crippen LogP contribution in [-0.4, -0.2) is 17.7 Å². The molecule has 0 fully saturated rings. The summed E-state index contributed by atoms with van der Waals surface area (Å²) < 4.78 is 0. The smallest absolute Gasteiger partial charge is 0.198 e. The van der Waals surface area contributed by atoms with E-state index in [1.807, 2.05) is 0 Å². The molecule has 0 aliphatic carbocycles. The highest BCUT2D eigenvalue weighted by Crippen LogP contribution is 1.75. The van der Waals surface area contributed by atoms with E-state index in [1.54, 1.807) is 6.29 Å². The Bertz CT molecular complexity index is 70.1. The first-order valence-corrected chi connectivity index (χ1v) is 1.83. The molecule has 0 aliphatic heterocycles. The van der Waals surface area contributed by atoms with Gasteiger partial charge in [0.05, 0.1) is 0 Å². The minimum Gasteiger partial charge on any atom is -0.411 e. The van der Waals surface area contributed by atoms with Crippen LogP contribution in [0.15, 0.2) is 5.16 Å². The maximum Gasteiger partial charge on any atom is 0.198 e. The Morgan fingerprint density at radius 1 is 1.57 bits per heavy atom. The van der Waals surface area contributed by atoms with E-state index in [0.29, 0.717) is 6.42 Å². The van der Waals surface area contributed by atoms with E-state index >= 15 is 0 Å². The Morgan fingerprint density at radius 2 is 2.29 bits per heavy atom. The molecule has 3 heteroatoms. The molecule has 0 aromatic heterocycles. The van der Waals surface area contributed by atoms with Crippen LogP contribution in [0.1, 0.15) is 12.8 Å². The standard InChI is InChI=1S/C4H5NO2/c6-4-2-1-3-5-7/h7H,1-2H2. The van der Waals surface area contributed by atoms with Crippen LogP contribution in [0.25, 0.3) is 0 Å². The van der Waals surface area contributed by atoms with Crippen molar-refractivity contribution in [1.29, 1.82) is 0 Å². The highest BCUT2D eigenvalue weighted by atomic mass is 16.4. The quantitative estimate of drug-likeness (QED) is 0.238. The summed E-state index contributed by atoms with van der Waals surface area (Å²) in [5, 5.41) is 10.2. The van der Waals surface area contributed by atoms with Gasteiger partial charge in [0.15, 0.2) is 6.29 Å². The lowest BCUT2D eigenvalue weighted by molar-refractivity contribution is 0.320. The molecule has 0 saturated heterocycles. The Balaban J connectivity index is 2.82. The molecule has 0 amide bonds. The average molecular weight is 99.1 g/mol. The second kappa shape index (κ2) is 5.14. The summed E-state index contributed by atoms with van der Waals surface area (Å²) in [5.41, 5.74) is 0. The maximum absolute atomic E-state index is 9.39. The minimum absolute atomic E-state index is 0.254. The van der Waals surface area contributed by atoms with Gasteiger partial charge in [0.2, 0.25) is 0 Å². The van der Waals surface area contributed by atoms with Gasteiger partial charge in [-0.15, -0.1) is 0 Å². The average Bonchev–Trinajstić information content (AvgIpc) is 1.69. The third kappa shape index (κ3) is 5.14. The summed E-state index contributed by atoms with van der Waals surface area (Å²) >= 11 is 0. The molecule has 3 nitrogen and oxygen atoms in total. The van der Waals surface area contributed by atoms with Gasteiger partial charge >= 0.3 is 0 Å². The summed E-state index contributed by atoms with van der Waals surface area (Å²) in [6.45, 7) is 0. The van der Waals surface area contributed by atoms with Gasteiger partial charge in [-0.25, -0.2) is 0 Å². The van der Waals surface area contributed by atoms with E-state index in [1.165, 1.54) is 0 Å². The van der Waals surface area contributed by atoms with Crippen molar-refractivity contribution in [1.82, 2.24) is 0 Å². The van der Waals surface area contributed by atoms with E-state index in [0.717, 1.165) is 0 Å². The largest absolute Gasteiger partial charge is 0.411 e. The third-order valence-corrected chi connectivity index (χ3v) is 0.410. The molecule has 1 N–H and O–H groups in total. The lowest BCUT2D eigenvalue weighted by Crippen LogP contribution is -1.75. The molecule has 2 radical (unpaired) electrons. The predicted octanol–water partition coefficient (Wildman–Crippen LogP) is 0.213. The van der Waals surface area contributed by atoms with Gasteiger partial charge in [-0.05, 0) is 0 Å². The topological polar surface area (TPSA) is 49.7 Å². The molecule has 38 valence electrons. The number of hydrogen-bond acceptors (Lipinski definition) is 3. The van der Waals surface area contributed by atoms with Gasteiger partial charge in [0.1, 0.15) is 6.21 Å². The molecule has 0 aromatic carbocycles. The van der Waals surface area contributed by atoms with Gasteiger partial charge in [-0.2, -0.15) is 0 Å². The molecule has 0 bridgehead atoms. The number of carbonyl (C=O) groups excluding carboxylic acids is 1. The minimum atomic E-state index is 0.254. The summed E-state index contributed by atoms with van der Waals surface area (Å²) in [4.78, 5) is 9.39. The number of rotatable bonds is 3. The molecule has 7 heavy (non-hydrogen) atoms. The van der Waals surface area contributed by atoms with Crippen molar-refractivity contribution in [2.45, 2.75) is 12.8 Å². The first-order valence-electron chi connectivity index (χ1n) is 1.83. The Hall–Kier alpha value is -0.860. The van der Waals surface area contributed by atoms with Crippen molar-refractivity contribution < 1.29 is 10.0 Å². The third-order valence-electron chi connectivity index (χ3n) is 0.410. The van der Waals surface area contributed by atoms with Crippen LogP contribution in [-0.2, 0) is 4.79 Å². The molecule has 0 unspecified atom stereocenters. The van der Waals surface area contributed by atoms with E-state index < -0.39 is 0 Å². The van der Waals surface area contributed by atoms with Gasteiger partial charge in [-0.1, -0.05) is 5.16 Å². The first kappa shape index (κ1) is 6.14. The summed E-state index contributed by atoms with van der Waals surface area (Å²) in [6.07, 6.45) is 4.39. The van der Waals surface area contributed by atoms with Crippen LogP contribution in [0, 0.1) is 0 Å². The maximum atomic E-state index is 9.39. The van der Waals surface area contributed by atoms with Crippen molar-refractivity contribution in [2.24, 2.45) is 5.16 Å². The van der Waals surface area contributed by atoms with Crippen LogP contribution in [0.4, 0.5) is 0 Å². The second-order valence-electron chi connectivity index (χ2n) is 0.902. The van der Waals surface area contributed by atoms with Gasteiger partial charge in [-0.3, -0.25) is 4.79 Å². The summed E-state index contributed by atoms with van der Waals surface area (Å²) in [7, 11) is 0. The van der Waals surface area contributed by atoms with Crippen LogP contribution < -0.4 is 0 Å². The zero-order valence-corrected chi connectivity index (χ0v) is 3.72. The van der Waals surface area contributed by atoms with Gasteiger partial charge < -0.3 is 5.21 Å². The number of hydrogen-bond donors (Lipinski definition) is 1. The summed E-state index contributed by atoms with van der Waals surface area (Å²) in [5.74, 6) is 0. The highest BCUT2D eigenvalue weighted by molar-refractivity contribution is 5.62. The van der Waals surface area contributed by atoms with E-state index in [-0.39, 0.29) is 6.42 Å².